The Balaban J connectivity index is 1.38. The molecule has 1 fully saturated rings. The summed E-state index contributed by atoms with van der Waals surface area (Å²) in [5, 5.41) is 8.07. The molecule has 0 radical (unpaired) electrons. The highest BCUT2D eigenvalue weighted by molar-refractivity contribution is 6.00. The summed E-state index contributed by atoms with van der Waals surface area (Å²) in [6.45, 7) is 3.07. The number of morpholine rings is 1. The molecule has 0 bridgehead atoms. The zero-order chi connectivity index (χ0) is 24.6. The van der Waals surface area contributed by atoms with Crippen LogP contribution in [0.5, 0.6) is 0 Å². The monoisotopic (exact) mass is 482 g/mol. The predicted molar refractivity (Wildman–Crippen MR) is 135 cm³/mol. The number of carbonyl (C=O) groups excluding carboxylic acids is 1. The average molecular weight is 482 g/mol. The van der Waals surface area contributed by atoms with E-state index in [4.69, 9.17) is 13.6 Å². The molecule has 1 saturated heterocycles. The van der Waals surface area contributed by atoms with Gasteiger partial charge in [-0.1, -0.05) is 12.1 Å². The molecule has 9 nitrogen and oxygen atoms in total. The number of rotatable bonds is 5. The maximum absolute atomic E-state index is 12.8. The van der Waals surface area contributed by atoms with E-state index in [-0.39, 0.29) is 11.3 Å². The molecule has 36 heavy (non-hydrogen) atoms. The van der Waals surface area contributed by atoms with Crippen LogP contribution in [0.3, 0.4) is 0 Å². The summed E-state index contributed by atoms with van der Waals surface area (Å²) in [6.07, 6.45) is 2.89. The smallest absolute Gasteiger partial charge is 0.347 e. The molecule has 0 amide bonds. The molecule has 2 aromatic carbocycles. The van der Waals surface area contributed by atoms with Crippen LogP contribution in [0, 0.1) is 0 Å². The van der Waals surface area contributed by atoms with Crippen LogP contribution in [-0.2, 0) is 4.74 Å². The molecule has 0 spiro atoms. The van der Waals surface area contributed by atoms with Crippen molar-refractivity contribution in [2.45, 2.75) is 13.0 Å². The van der Waals surface area contributed by atoms with Gasteiger partial charge in [0, 0.05) is 52.9 Å². The van der Waals surface area contributed by atoms with Gasteiger partial charge in [-0.3, -0.25) is 4.79 Å². The molecule has 2 N–H and O–H groups in total. The Hall–Kier alpha value is -4.34. The van der Waals surface area contributed by atoms with Crippen LogP contribution in [0.1, 0.15) is 28.9 Å². The van der Waals surface area contributed by atoms with Gasteiger partial charge in [-0.15, -0.1) is 0 Å². The highest BCUT2D eigenvalue weighted by Crippen LogP contribution is 2.32. The lowest BCUT2D eigenvalue weighted by atomic mass is 9.96. The number of para-hydroxylation sites is 1. The second kappa shape index (κ2) is 9.03. The predicted octanol–water partition coefficient (Wildman–Crippen LogP) is 4.60. The van der Waals surface area contributed by atoms with Crippen LogP contribution in [0.15, 0.2) is 74.6 Å². The average Bonchev–Trinajstić information content (AvgIpc) is 3.37. The number of nitrogens with one attached hydrogen (secondary N) is 2. The Morgan fingerprint density at radius 3 is 2.92 bits per heavy atom. The molecule has 4 heterocycles. The Kier molecular flexibility index (Phi) is 5.55. The Bertz CT molecular complexity index is 1670. The first-order chi connectivity index (χ1) is 17.6. The zero-order valence-electron chi connectivity index (χ0n) is 19.4. The minimum Gasteiger partial charge on any atom is -0.464 e. The number of ketones is 1. The summed E-state index contributed by atoms with van der Waals surface area (Å²) in [6, 6.07) is 14.9. The Morgan fingerprint density at radius 1 is 1.17 bits per heavy atom. The van der Waals surface area contributed by atoms with Gasteiger partial charge in [-0.2, -0.15) is 0 Å². The second-order valence-electron chi connectivity index (χ2n) is 8.54. The van der Waals surface area contributed by atoms with E-state index in [0.717, 1.165) is 16.5 Å². The number of benzene rings is 2. The summed E-state index contributed by atoms with van der Waals surface area (Å²) in [5.74, 6) is 0.0203. The van der Waals surface area contributed by atoms with Gasteiger partial charge >= 0.3 is 5.63 Å². The van der Waals surface area contributed by atoms with Gasteiger partial charge in [0.25, 0.3) is 0 Å². The van der Waals surface area contributed by atoms with Crippen molar-refractivity contribution in [3.63, 3.8) is 0 Å². The second-order valence-corrected chi connectivity index (χ2v) is 8.54. The maximum atomic E-state index is 12.8. The molecule has 9 heteroatoms. The van der Waals surface area contributed by atoms with Crippen molar-refractivity contribution in [2.75, 3.05) is 25.0 Å². The number of ether oxygens (including phenoxy) is 1. The Morgan fingerprint density at radius 2 is 2.08 bits per heavy atom. The molecule has 3 aromatic heterocycles. The van der Waals surface area contributed by atoms with E-state index in [1.165, 1.54) is 6.92 Å². The number of anilines is 2. The topological polar surface area (TPSA) is 119 Å². The number of hydrogen-bond acceptors (Lipinski definition) is 9. The third-order valence-corrected chi connectivity index (χ3v) is 6.22. The molecule has 1 unspecified atom stereocenters. The number of carbonyl (C=O) groups is 1. The van der Waals surface area contributed by atoms with Crippen molar-refractivity contribution in [1.29, 1.82) is 0 Å². The number of furan rings is 1. The summed E-state index contributed by atoms with van der Waals surface area (Å²) in [5.41, 5.74) is 3.19. The summed E-state index contributed by atoms with van der Waals surface area (Å²) in [7, 11) is 0. The van der Waals surface area contributed by atoms with Crippen molar-refractivity contribution >= 4 is 39.4 Å². The fourth-order valence-corrected chi connectivity index (χ4v) is 4.61. The molecule has 1 atom stereocenters. The van der Waals surface area contributed by atoms with E-state index >= 15 is 0 Å². The molecule has 1 aliphatic heterocycles. The van der Waals surface area contributed by atoms with Crippen LogP contribution in [0.25, 0.3) is 33.2 Å². The lowest BCUT2D eigenvalue weighted by Crippen LogP contribution is -2.35. The normalized spacial score (nSPS) is 15.9. The molecule has 5 aromatic rings. The third-order valence-electron chi connectivity index (χ3n) is 6.22. The number of fused-ring (bicyclic) bond motifs is 2. The standard InChI is InChI=1S/C27H22N4O5/c1-15(32)23-24(22-14-28-10-12-34-22)19-6-5-17(13-21(19)36-26(23)33)30-27-29-9-7-20(31-27)18-4-2-3-16-8-11-35-25(16)18/h2-9,11,13,22,28H,10,12,14H2,1H3,(H,29,30,31). The van der Waals surface area contributed by atoms with Crippen molar-refractivity contribution < 1.29 is 18.4 Å². The van der Waals surface area contributed by atoms with Gasteiger partial charge in [0.1, 0.15) is 16.7 Å². The quantitative estimate of drug-likeness (QED) is 0.273. The highest BCUT2D eigenvalue weighted by atomic mass is 16.5. The fraction of sp³-hybridized carbons (Fsp3) is 0.185. The van der Waals surface area contributed by atoms with Crippen LogP contribution in [0.2, 0.25) is 0 Å². The molecule has 0 saturated carbocycles. The molecule has 0 aliphatic carbocycles. The van der Waals surface area contributed by atoms with Gasteiger partial charge in [0.15, 0.2) is 5.78 Å². The van der Waals surface area contributed by atoms with Crippen LogP contribution >= 0.6 is 0 Å². The SMILES string of the molecule is CC(=O)c1c(C2CNCCO2)c2ccc(Nc3nccc(-c4cccc5ccoc45)n3)cc2oc1=O. The van der Waals surface area contributed by atoms with E-state index in [9.17, 15) is 9.59 Å². The fourth-order valence-electron chi connectivity index (χ4n) is 4.61. The number of aromatic nitrogens is 2. The van der Waals surface area contributed by atoms with Gasteiger partial charge in [-0.25, -0.2) is 14.8 Å². The van der Waals surface area contributed by atoms with Crippen LogP contribution < -0.4 is 16.3 Å². The zero-order valence-corrected chi connectivity index (χ0v) is 19.4. The van der Waals surface area contributed by atoms with E-state index in [2.05, 4.69) is 20.6 Å². The summed E-state index contributed by atoms with van der Waals surface area (Å²) < 4.78 is 17.1. The van der Waals surface area contributed by atoms with E-state index in [0.29, 0.717) is 53.6 Å². The largest absolute Gasteiger partial charge is 0.464 e. The van der Waals surface area contributed by atoms with Gasteiger partial charge in [0.05, 0.1) is 24.7 Å². The number of nitrogens with zero attached hydrogens (tertiary/aromatic N) is 2. The van der Waals surface area contributed by atoms with Crippen molar-refractivity contribution in [3.05, 3.63) is 82.5 Å². The van der Waals surface area contributed by atoms with Gasteiger partial charge in [0.2, 0.25) is 5.95 Å². The minimum absolute atomic E-state index is 0.0278. The van der Waals surface area contributed by atoms with Crippen LogP contribution in [0.4, 0.5) is 11.6 Å². The summed E-state index contributed by atoms with van der Waals surface area (Å²) >= 11 is 0. The van der Waals surface area contributed by atoms with Gasteiger partial charge in [-0.05, 0) is 37.3 Å². The maximum Gasteiger partial charge on any atom is 0.347 e. The molecular formula is C27H22N4O5. The lowest BCUT2D eigenvalue weighted by molar-refractivity contribution is 0.0277. The molecule has 180 valence electrons. The third kappa shape index (κ3) is 3.94. The van der Waals surface area contributed by atoms with Gasteiger partial charge < -0.3 is 24.2 Å². The first-order valence-electron chi connectivity index (χ1n) is 11.6. The first-order valence-corrected chi connectivity index (χ1v) is 11.6. The Labute approximate surface area is 205 Å². The number of Topliss-reactive ketones (excluding diaryl/α,β-unsaturated/α-hetero) is 1. The van der Waals surface area contributed by atoms with E-state index < -0.39 is 11.7 Å². The van der Waals surface area contributed by atoms with Crippen molar-refractivity contribution in [1.82, 2.24) is 15.3 Å². The molecule has 6 rings (SSSR count). The lowest BCUT2D eigenvalue weighted by Gasteiger charge is -2.26. The van der Waals surface area contributed by atoms with Crippen LogP contribution in [-0.4, -0.2) is 35.4 Å². The first kappa shape index (κ1) is 22.1. The molecular weight excluding hydrogens is 460 g/mol. The van der Waals surface area contributed by atoms with Crippen molar-refractivity contribution in [2.24, 2.45) is 0 Å². The number of hydrogen-bond donors (Lipinski definition) is 2. The van der Waals surface area contributed by atoms with Crippen molar-refractivity contribution in [3.8, 4) is 11.3 Å². The van der Waals surface area contributed by atoms with E-state index in [1.54, 1.807) is 18.5 Å². The minimum atomic E-state index is -0.680. The molecule has 1 aliphatic rings. The van der Waals surface area contributed by atoms with E-state index in [1.807, 2.05) is 42.5 Å². The summed E-state index contributed by atoms with van der Waals surface area (Å²) in [4.78, 5) is 34.1. The highest BCUT2D eigenvalue weighted by Gasteiger charge is 2.27.